The lowest BCUT2D eigenvalue weighted by Crippen LogP contribution is -2.21. The molecule has 0 saturated heterocycles. The Morgan fingerprint density at radius 2 is 1.95 bits per heavy atom. The fourth-order valence-corrected chi connectivity index (χ4v) is 3.39. The number of alkyl halides is 1. The fraction of sp³-hybridized carbons (Fsp3) is 0.294. The molecule has 0 radical (unpaired) electrons. The van der Waals surface area contributed by atoms with Gasteiger partial charge in [0.1, 0.15) is 0 Å². The van der Waals surface area contributed by atoms with Crippen LogP contribution >= 0.6 is 15.9 Å². The predicted molar refractivity (Wildman–Crippen MR) is 85.2 cm³/mol. The first-order valence-electron chi connectivity index (χ1n) is 6.73. The lowest BCUT2D eigenvalue weighted by Gasteiger charge is -2.20. The maximum atomic E-state index is 3.66. The van der Waals surface area contributed by atoms with Crippen molar-refractivity contribution in [1.82, 2.24) is 0 Å². The van der Waals surface area contributed by atoms with Crippen LogP contribution in [0.15, 0.2) is 48.5 Å². The molecule has 0 spiro atoms. The molecular weight excluding hydrogens is 298 g/mol. The Hall–Kier alpha value is -1.28. The van der Waals surface area contributed by atoms with E-state index in [2.05, 4.69) is 76.3 Å². The molecule has 1 nitrogen and oxygen atoms in total. The van der Waals surface area contributed by atoms with E-state index >= 15 is 0 Å². The highest BCUT2D eigenvalue weighted by Crippen LogP contribution is 2.38. The number of hydrogen-bond acceptors (Lipinski definition) is 1. The lowest BCUT2D eigenvalue weighted by atomic mass is 10.0. The average molecular weight is 316 g/mol. The van der Waals surface area contributed by atoms with Gasteiger partial charge in [0, 0.05) is 30.0 Å². The summed E-state index contributed by atoms with van der Waals surface area (Å²) >= 11 is 3.66. The molecule has 1 aliphatic heterocycles. The van der Waals surface area contributed by atoms with Gasteiger partial charge in [0.05, 0.1) is 0 Å². The summed E-state index contributed by atoms with van der Waals surface area (Å²) in [5, 5.41) is 1.04. The van der Waals surface area contributed by atoms with Crippen molar-refractivity contribution in [3.05, 3.63) is 65.2 Å². The van der Waals surface area contributed by atoms with Crippen LogP contribution in [0.2, 0.25) is 0 Å². The van der Waals surface area contributed by atoms with Crippen LogP contribution in [0.3, 0.4) is 0 Å². The summed E-state index contributed by atoms with van der Waals surface area (Å²) < 4.78 is 0. The first-order valence-corrected chi connectivity index (χ1v) is 7.85. The molecule has 98 valence electrons. The van der Waals surface area contributed by atoms with Gasteiger partial charge in [0.25, 0.3) is 0 Å². The number of anilines is 1. The van der Waals surface area contributed by atoms with Gasteiger partial charge in [0.15, 0.2) is 0 Å². The normalized spacial score (nSPS) is 17.6. The van der Waals surface area contributed by atoms with Gasteiger partial charge in [-0.25, -0.2) is 0 Å². The lowest BCUT2D eigenvalue weighted by molar-refractivity contribution is 0.756. The zero-order valence-corrected chi connectivity index (χ0v) is 12.7. The Morgan fingerprint density at radius 3 is 2.68 bits per heavy atom. The topological polar surface area (TPSA) is 3.24 Å². The maximum Gasteiger partial charge on any atom is 0.0429 e. The molecular formula is C17H18BrN. The van der Waals surface area contributed by atoms with Crippen molar-refractivity contribution in [1.29, 1.82) is 0 Å². The average Bonchev–Trinajstić information content (AvgIpc) is 2.77. The molecule has 2 aromatic rings. The van der Waals surface area contributed by atoms with Crippen molar-refractivity contribution < 1.29 is 0 Å². The molecule has 1 heterocycles. The van der Waals surface area contributed by atoms with E-state index in [1.165, 1.54) is 22.4 Å². The van der Waals surface area contributed by atoms with E-state index in [0.717, 1.165) is 18.4 Å². The summed E-state index contributed by atoms with van der Waals surface area (Å²) in [5.41, 5.74) is 5.63. The Labute approximate surface area is 123 Å². The Bertz CT molecular complexity index is 565. The summed E-state index contributed by atoms with van der Waals surface area (Å²) in [6.45, 7) is 4.28. The number of fused-ring (bicyclic) bond motifs is 1. The maximum absolute atomic E-state index is 3.66. The summed E-state index contributed by atoms with van der Waals surface area (Å²) in [5.74, 6) is 0.610. The largest absolute Gasteiger partial charge is 0.366 e. The van der Waals surface area contributed by atoms with Crippen LogP contribution in [-0.4, -0.2) is 11.9 Å². The van der Waals surface area contributed by atoms with E-state index in [9.17, 15) is 0 Å². The highest BCUT2D eigenvalue weighted by molar-refractivity contribution is 9.09. The molecule has 0 bridgehead atoms. The molecule has 19 heavy (non-hydrogen) atoms. The SMILES string of the molecule is Cc1ccc2c(c1)[C@@H](CBr)CN2Cc1ccccc1. The van der Waals surface area contributed by atoms with Crippen molar-refractivity contribution in [3.63, 3.8) is 0 Å². The second kappa shape index (κ2) is 5.38. The molecule has 0 unspecified atom stereocenters. The molecule has 0 aromatic heterocycles. The Morgan fingerprint density at radius 1 is 1.16 bits per heavy atom. The van der Waals surface area contributed by atoms with Gasteiger partial charge in [-0.3, -0.25) is 0 Å². The van der Waals surface area contributed by atoms with Crippen molar-refractivity contribution in [2.75, 3.05) is 16.8 Å². The van der Waals surface area contributed by atoms with E-state index in [0.29, 0.717) is 5.92 Å². The summed E-state index contributed by atoms with van der Waals surface area (Å²) in [6, 6.07) is 17.5. The highest BCUT2D eigenvalue weighted by Gasteiger charge is 2.27. The van der Waals surface area contributed by atoms with E-state index < -0.39 is 0 Å². The second-order valence-electron chi connectivity index (χ2n) is 5.28. The number of rotatable bonds is 3. The van der Waals surface area contributed by atoms with Crippen molar-refractivity contribution in [2.45, 2.75) is 19.4 Å². The molecule has 0 N–H and O–H groups in total. The molecule has 1 atom stereocenters. The summed E-state index contributed by atoms with van der Waals surface area (Å²) in [4.78, 5) is 2.50. The van der Waals surface area contributed by atoms with Crippen LogP contribution < -0.4 is 4.90 Å². The molecule has 0 fully saturated rings. The number of aryl methyl sites for hydroxylation is 1. The minimum absolute atomic E-state index is 0.610. The minimum atomic E-state index is 0.610. The Balaban J connectivity index is 1.90. The quantitative estimate of drug-likeness (QED) is 0.754. The minimum Gasteiger partial charge on any atom is -0.366 e. The number of benzene rings is 2. The molecule has 0 amide bonds. The molecule has 2 heteroatoms. The van der Waals surface area contributed by atoms with E-state index in [-0.39, 0.29) is 0 Å². The standard InChI is InChI=1S/C17H18BrN/c1-13-7-8-17-16(9-13)15(10-18)12-19(17)11-14-5-3-2-4-6-14/h2-9,15H,10-12H2,1H3/t15-/m0/s1. The first-order chi connectivity index (χ1) is 9.28. The van der Waals surface area contributed by atoms with Crippen LogP contribution in [-0.2, 0) is 6.54 Å². The van der Waals surface area contributed by atoms with Gasteiger partial charge in [-0.2, -0.15) is 0 Å². The van der Waals surface area contributed by atoms with Crippen LogP contribution in [0.5, 0.6) is 0 Å². The smallest absolute Gasteiger partial charge is 0.0429 e. The van der Waals surface area contributed by atoms with Crippen LogP contribution in [0.1, 0.15) is 22.6 Å². The van der Waals surface area contributed by atoms with Gasteiger partial charge >= 0.3 is 0 Å². The van der Waals surface area contributed by atoms with Crippen LogP contribution in [0.25, 0.3) is 0 Å². The van der Waals surface area contributed by atoms with Gasteiger partial charge in [0.2, 0.25) is 0 Å². The number of hydrogen-bond donors (Lipinski definition) is 0. The molecule has 0 saturated carbocycles. The number of halogens is 1. The third kappa shape index (κ3) is 2.55. The van der Waals surface area contributed by atoms with Crippen molar-refractivity contribution in [2.24, 2.45) is 0 Å². The number of nitrogens with zero attached hydrogens (tertiary/aromatic N) is 1. The third-order valence-corrected chi connectivity index (χ3v) is 4.59. The zero-order valence-electron chi connectivity index (χ0n) is 11.1. The van der Waals surface area contributed by atoms with Crippen LogP contribution in [0, 0.1) is 6.92 Å². The first kappa shape index (κ1) is 12.7. The van der Waals surface area contributed by atoms with Crippen molar-refractivity contribution >= 4 is 21.6 Å². The predicted octanol–water partition coefficient (Wildman–Crippen LogP) is 4.49. The highest BCUT2D eigenvalue weighted by atomic mass is 79.9. The molecule has 0 aliphatic carbocycles. The Kier molecular flexibility index (Phi) is 3.61. The second-order valence-corrected chi connectivity index (χ2v) is 5.93. The van der Waals surface area contributed by atoms with Crippen molar-refractivity contribution in [3.8, 4) is 0 Å². The molecule has 2 aromatic carbocycles. The van der Waals surface area contributed by atoms with Crippen LogP contribution in [0.4, 0.5) is 5.69 Å². The monoisotopic (exact) mass is 315 g/mol. The van der Waals surface area contributed by atoms with Gasteiger partial charge in [-0.05, 0) is 24.1 Å². The van der Waals surface area contributed by atoms with E-state index in [4.69, 9.17) is 0 Å². The molecule has 1 aliphatic rings. The molecule has 3 rings (SSSR count). The summed E-state index contributed by atoms with van der Waals surface area (Å²) in [7, 11) is 0. The fourth-order valence-electron chi connectivity index (χ4n) is 2.84. The zero-order chi connectivity index (χ0) is 13.2. The third-order valence-electron chi connectivity index (χ3n) is 3.81. The van der Waals surface area contributed by atoms with Gasteiger partial charge in [-0.15, -0.1) is 0 Å². The van der Waals surface area contributed by atoms with E-state index in [1.54, 1.807) is 0 Å². The van der Waals surface area contributed by atoms with E-state index in [1.807, 2.05) is 0 Å². The van der Waals surface area contributed by atoms with Gasteiger partial charge < -0.3 is 4.90 Å². The summed E-state index contributed by atoms with van der Waals surface area (Å²) in [6.07, 6.45) is 0. The van der Waals surface area contributed by atoms with Gasteiger partial charge in [-0.1, -0.05) is 64.0 Å².